The van der Waals surface area contributed by atoms with E-state index in [1.54, 1.807) is 6.07 Å². The average molecular weight is 165 g/mol. The quantitative estimate of drug-likeness (QED) is 0.586. The molecule has 0 aromatic heterocycles. The fraction of sp³-hybridized carbons (Fsp3) is 0. The molecule has 0 amide bonds. The van der Waals surface area contributed by atoms with Crippen LogP contribution >= 0.6 is 0 Å². The van der Waals surface area contributed by atoms with Crippen molar-refractivity contribution < 1.29 is 8.78 Å². The Hall–Kier alpha value is -1.69. The summed E-state index contributed by atoms with van der Waals surface area (Å²) in [5.41, 5.74) is 0.0337. The molecule has 0 atom stereocenters. The number of hydrogen-bond donors (Lipinski definition) is 0. The van der Waals surface area contributed by atoms with Gasteiger partial charge < -0.3 is 0 Å². The zero-order valence-corrected chi connectivity index (χ0v) is 6.14. The number of halogens is 2. The summed E-state index contributed by atoms with van der Waals surface area (Å²) in [5.74, 6) is -1.43. The Morgan fingerprint density at radius 2 is 2.08 bits per heavy atom. The van der Waals surface area contributed by atoms with Crippen LogP contribution in [0.2, 0.25) is 0 Å². The first-order chi connectivity index (χ1) is 5.65. The summed E-state index contributed by atoms with van der Waals surface area (Å²) < 4.78 is 25.2. The van der Waals surface area contributed by atoms with Crippen LogP contribution in [0.4, 0.5) is 8.78 Å². The van der Waals surface area contributed by atoms with Crippen LogP contribution in [0.15, 0.2) is 24.8 Å². The maximum Gasteiger partial charge on any atom is 0.134 e. The van der Waals surface area contributed by atoms with Crippen molar-refractivity contribution in [3.8, 4) is 6.07 Å². The summed E-state index contributed by atoms with van der Waals surface area (Å²) in [5, 5.41) is 8.37. The molecule has 0 aliphatic rings. The first-order valence-electron chi connectivity index (χ1n) is 3.19. The lowest BCUT2D eigenvalue weighted by atomic mass is 10.1. The molecular formula is C9H5F2N. The maximum absolute atomic E-state index is 12.8. The Morgan fingerprint density at radius 1 is 1.42 bits per heavy atom. The van der Waals surface area contributed by atoms with Crippen molar-refractivity contribution in [1.82, 2.24) is 0 Å². The molecule has 0 saturated heterocycles. The monoisotopic (exact) mass is 165 g/mol. The van der Waals surface area contributed by atoms with Crippen molar-refractivity contribution in [2.24, 2.45) is 0 Å². The first kappa shape index (κ1) is 8.41. The number of hydrogen-bond acceptors (Lipinski definition) is 1. The maximum atomic E-state index is 12.8. The third-order valence-electron chi connectivity index (χ3n) is 1.39. The van der Waals surface area contributed by atoms with Crippen molar-refractivity contribution in [2.75, 3.05) is 0 Å². The van der Waals surface area contributed by atoms with Gasteiger partial charge in [0.05, 0.1) is 11.6 Å². The molecule has 0 spiro atoms. The molecule has 0 heterocycles. The molecule has 0 N–H and O–H groups in total. The number of allylic oxidation sites excluding steroid dienone is 1. The SMILES string of the molecule is C=C(C#N)c1ccc(F)cc1F. The predicted octanol–water partition coefficient (Wildman–Crippen LogP) is 2.50. The Balaban J connectivity index is 3.20. The van der Waals surface area contributed by atoms with Gasteiger partial charge in [0.25, 0.3) is 0 Å². The molecule has 60 valence electrons. The molecule has 0 fully saturated rings. The molecule has 0 aliphatic heterocycles. The molecule has 12 heavy (non-hydrogen) atoms. The fourth-order valence-electron chi connectivity index (χ4n) is 0.794. The van der Waals surface area contributed by atoms with E-state index in [0.717, 1.165) is 12.1 Å². The van der Waals surface area contributed by atoms with Crippen LogP contribution in [0, 0.1) is 23.0 Å². The van der Waals surface area contributed by atoms with Gasteiger partial charge in [-0.1, -0.05) is 6.58 Å². The molecule has 0 unspecified atom stereocenters. The zero-order valence-electron chi connectivity index (χ0n) is 6.14. The number of rotatable bonds is 1. The van der Waals surface area contributed by atoms with Gasteiger partial charge in [0.2, 0.25) is 0 Å². The zero-order chi connectivity index (χ0) is 9.14. The lowest BCUT2D eigenvalue weighted by Crippen LogP contribution is -1.87. The molecule has 0 aliphatic carbocycles. The second-order valence-electron chi connectivity index (χ2n) is 2.21. The van der Waals surface area contributed by atoms with E-state index in [-0.39, 0.29) is 11.1 Å². The second kappa shape index (κ2) is 3.14. The van der Waals surface area contributed by atoms with E-state index in [1.807, 2.05) is 0 Å². The highest BCUT2D eigenvalue weighted by molar-refractivity contribution is 5.74. The minimum Gasteiger partial charge on any atom is -0.207 e. The van der Waals surface area contributed by atoms with Crippen LogP contribution < -0.4 is 0 Å². The van der Waals surface area contributed by atoms with E-state index in [4.69, 9.17) is 5.26 Å². The number of nitrogens with zero attached hydrogens (tertiary/aromatic N) is 1. The third-order valence-corrected chi connectivity index (χ3v) is 1.39. The van der Waals surface area contributed by atoms with Crippen LogP contribution in [0.3, 0.4) is 0 Å². The highest BCUT2D eigenvalue weighted by Crippen LogP contribution is 2.16. The van der Waals surface area contributed by atoms with Gasteiger partial charge in [0.15, 0.2) is 0 Å². The Labute approximate surface area is 68.6 Å². The normalized spacial score (nSPS) is 9.08. The molecule has 3 heteroatoms. The fourth-order valence-corrected chi connectivity index (χ4v) is 0.794. The Bertz CT molecular complexity index is 363. The van der Waals surface area contributed by atoms with E-state index >= 15 is 0 Å². The van der Waals surface area contributed by atoms with Gasteiger partial charge in [0, 0.05) is 11.6 Å². The standard InChI is InChI=1S/C9H5F2N/c1-6(5-12)8-3-2-7(10)4-9(8)11/h2-4H,1H2. The van der Waals surface area contributed by atoms with E-state index in [0.29, 0.717) is 0 Å². The van der Waals surface area contributed by atoms with E-state index in [1.165, 1.54) is 6.07 Å². The summed E-state index contributed by atoms with van der Waals surface area (Å²) >= 11 is 0. The lowest BCUT2D eigenvalue weighted by Gasteiger charge is -1.98. The van der Waals surface area contributed by atoms with E-state index < -0.39 is 11.6 Å². The van der Waals surface area contributed by atoms with Crippen LogP contribution in [0.25, 0.3) is 5.57 Å². The van der Waals surface area contributed by atoms with Crippen LogP contribution in [-0.2, 0) is 0 Å². The van der Waals surface area contributed by atoms with Crippen molar-refractivity contribution in [1.29, 1.82) is 5.26 Å². The topological polar surface area (TPSA) is 23.8 Å². The van der Waals surface area contributed by atoms with Crippen LogP contribution in [0.1, 0.15) is 5.56 Å². The molecule has 1 aromatic carbocycles. The van der Waals surface area contributed by atoms with Gasteiger partial charge in [-0.2, -0.15) is 5.26 Å². The van der Waals surface area contributed by atoms with Gasteiger partial charge in [-0.05, 0) is 12.1 Å². The van der Waals surface area contributed by atoms with Gasteiger partial charge in [-0.15, -0.1) is 0 Å². The van der Waals surface area contributed by atoms with E-state index in [9.17, 15) is 8.78 Å². The van der Waals surface area contributed by atoms with Crippen molar-refractivity contribution in [2.45, 2.75) is 0 Å². The third kappa shape index (κ3) is 1.48. The van der Waals surface area contributed by atoms with Crippen molar-refractivity contribution >= 4 is 5.57 Å². The van der Waals surface area contributed by atoms with Crippen molar-refractivity contribution in [3.63, 3.8) is 0 Å². The van der Waals surface area contributed by atoms with Gasteiger partial charge >= 0.3 is 0 Å². The van der Waals surface area contributed by atoms with Gasteiger partial charge in [-0.3, -0.25) is 0 Å². The first-order valence-corrected chi connectivity index (χ1v) is 3.19. The van der Waals surface area contributed by atoms with Crippen LogP contribution in [0.5, 0.6) is 0 Å². The Morgan fingerprint density at radius 3 is 2.58 bits per heavy atom. The summed E-state index contributed by atoms with van der Waals surface area (Å²) in [6.45, 7) is 3.31. The van der Waals surface area contributed by atoms with Crippen LogP contribution in [-0.4, -0.2) is 0 Å². The highest BCUT2D eigenvalue weighted by atomic mass is 19.1. The van der Waals surface area contributed by atoms with Crippen molar-refractivity contribution in [3.05, 3.63) is 42.0 Å². The molecule has 1 nitrogen and oxygen atoms in total. The average Bonchev–Trinajstić information content (AvgIpc) is 2.03. The van der Waals surface area contributed by atoms with Gasteiger partial charge in [-0.25, -0.2) is 8.78 Å². The summed E-state index contributed by atoms with van der Waals surface area (Å²) in [4.78, 5) is 0. The number of benzene rings is 1. The predicted molar refractivity (Wildman–Crippen MR) is 41.0 cm³/mol. The van der Waals surface area contributed by atoms with Gasteiger partial charge in [0.1, 0.15) is 11.6 Å². The molecule has 1 rings (SSSR count). The molecule has 0 bridgehead atoms. The number of nitriles is 1. The minimum absolute atomic E-state index is 0.00694. The molecule has 0 saturated carbocycles. The highest BCUT2D eigenvalue weighted by Gasteiger charge is 2.05. The molecular weight excluding hydrogens is 160 g/mol. The molecule has 1 aromatic rings. The second-order valence-corrected chi connectivity index (χ2v) is 2.21. The summed E-state index contributed by atoms with van der Waals surface area (Å²) in [7, 11) is 0. The smallest absolute Gasteiger partial charge is 0.134 e. The largest absolute Gasteiger partial charge is 0.207 e. The molecule has 0 radical (unpaired) electrons. The lowest BCUT2D eigenvalue weighted by molar-refractivity contribution is 0.581. The summed E-state index contributed by atoms with van der Waals surface area (Å²) in [6.07, 6.45) is 0. The minimum atomic E-state index is -0.762. The van der Waals surface area contributed by atoms with E-state index in [2.05, 4.69) is 6.58 Å². The Kier molecular flexibility index (Phi) is 2.20. The summed E-state index contributed by atoms with van der Waals surface area (Å²) in [6, 6.07) is 4.68.